The van der Waals surface area contributed by atoms with Gasteiger partial charge in [-0.3, -0.25) is 0 Å². The zero-order chi connectivity index (χ0) is 27.8. The third kappa shape index (κ3) is 6.75. The van der Waals surface area contributed by atoms with E-state index in [-0.39, 0.29) is 0 Å². The largest absolute Gasteiger partial charge is 0.437 e. The molecule has 0 fully saturated rings. The van der Waals surface area contributed by atoms with Crippen LogP contribution in [0.1, 0.15) is 72.1 Å². The molecular formula is C33H48O3Si2. The quantitative estimate of drug-likeness (QED) is 0.114. The molecule has 0 atom stereocenters. The van der Waals surface area contributed by atoms with Crippen LogP contribution in [0.3, 0.4) is 0 Å². The molecule has 206 valence electrons. The van der Waals surface area contributed by atoms with E-state index in [0.29, 0.717) is 35.4 Å². The minimum atomic E-state index is -2.49. The average molecular weight is 549 g/mol. The maximum absolute atomic E-state index is 7.17. The molecule has 0 aliphatic carbocycles. The van der Waals surface area contributed by atoms with Crippen molar-refractivity contribution in [2.75, 3.05) is 13.2 Å². The normalized spacial score (nSPS) is 12.9. The maximum Gasteiger partial charge on any atom is 0.333 e. The standard InChI is InChI=1S/C33H48O3Si2/c1-26(2)37(27(3)4)36-38(28(5)6,29(7)8)35-25-24-34-33(30-18-12-9-13-19-30,31-20-14-10-15-21-31)32-22-16-11-17-23-32/h9-23,26-29,37H,24-25H2,1-8H3. The molecule has 0 saturated heterocycles. The van der Waals surface area contributed by atoms with Gasteiger partial charge in [0.1, 0.15) is 5.60 Å². The van der Waals surface area contributed by atoms with E-state index in [1.165, 1.54) is 0 Å². The smallest absolute Gasteiger partial charge is 0.333 e. The Morgan fingerprint density at radius 3 is 1.26 bits per heavy atom. The van der Waals surface area contributed by atoms with E-state index in [4.69, 9.17) is 13.3 Å². The van der Waals surface area contributed by atoms with Gasteiger partial charge in [-0.1, -0.05) is 146 Å². The third-order valence-electron chi connectivity index (χ3n) is 7.51. The third-order valence-corrected chi connectivity index (χ3v) is 16.6. The van der Waals surface area contributed by atoms with Gasteiger partial charge in [0, 0.05) is 0 Å². The van der Waals surface area contributed by atoms with Crippen molar-refractivity contribution in [3.05, 3.63) is 108 Å². The molecule has 0 N–H and O–H groups in total. The van der Waals surface area contributed by atoms with E-state index >= 15 is 0 Å². The molecule has 0 aromatic heterocycles. The highest BCUT2D eigenvalue weighted by Gasteiger charge is 2.48. The first kappa shape index (κ1) is 30.5. The highest BCUT2D eigenvalue weighted by atomic mass is 28.4. The van der Waals surface area contributed by atoms with Crippen molar-refractivity contribution in [3.8, 4) is 0 Å². The predicted molar refractivity (Wildman–Crippen MR) is 165 cm³/mol. The summed E-state index contributed by atoms with van der Waals surface area (Å²) in [6, 6.07) is 31.6. The van der Waals surface area contributed by atoms with Crippen molar-refractivity contribution in [1.29, 1.82) is 0 Å². The molecular weight excluding hydrogens is 501 g/mol. The Bertz CT molecular complexity index is 957. The summed E-state index contributed by atoms with van der Waals surface area (Å²) in [6.07, 6.45) is 0. The van der Waals surface area contributed by atoms with Crippen molar-refractivity contribution < 1.29 is 13.3 Å². The van der Waals surface area contributed by atoms with E-state index in [1.807, 2.05) is 0 Å². The van der Waals surface area contributed by atoms with Crippen LogP contribution in [0, 0.1) is 0 Å². The number of benzene rings is 3. The molecule has 3 aromatic carbocycles. The summed E-state index contributed by atoms with van der Waals surface area (Å²) in [5, 5.41) is 0. The lowest BCUT2D eigenvalue weighted by atomic mass is 9.80. The first-order valence-electron chi connectivity index (χ1n) is 14.3. The second-order valence-electron chi connectivity index (χ2n) is 11.6. The predicted octanol–water partition coefficient (Wildman–Crippen LogP) is 8.83. The molecule has 3 nitrogen and oxygen atoms in total. The van der Waals surface area contributed by atoms with Gasteiger partial charge in [0.05, 0.1) is 13.2 Å². The minimum Gasteiger partial charge on any atom is -0.437 e. The summed E-state index contributed by atoms with van der Waals surface area (Å²) in [5.74, 6) is 0. The molecule has 5 heteroatoms. The highest BCUT2D eigenvalue weighted by molar-refractivity contribution is 6.78. The van der Waals surface area contributed by atoms with Gasteiger partial charge >= 0.3 is 8.56 Å². The Kier molecular flexibility index (Phi) is 11.1. The lowest BCUT2D eigenvalue weighted by molar-refractivity contribution is -0.00768. The molecule has 0 saturated carbocycles. The zero-order valence-corrected chi connectivity index (χ0v) is 26.8. The van der Waals surface area contributed by atoms with Crippen molar-refractivity contribution in [3.63, 3.8) is 0 Å². The van der Waals surface area contributed by atoms with Crippen molar-refractivity contribution >= 4 is 17.6 Å². The van der Waals surface area contributed by atoms with E-state index in [2.05, 4.69) is 146 Å². The van der Waals surface area contributed by atoms with Gasteiger partial charge in [0.2, 0.25) is 0 Å². The van der Waals surface area contributed by atoms with Gasteiger partial charge in [-0.05, 0) is 38.9 Å². The highest BCUT2D eigenvalue weighted by Crippen LogP contribution is 2.41. The van der Waals surface area contributed by atoms with Crippen molar-refractivity contribution in [1.82, 2.24) is 0 Å². The summed E-state index contributed by atoms with van der Waals surface area (Å²) in [5.41, 5.74) is 4.45. The van der Waals surface area contributed by atoms with Gasteiger partial charge in [-0.15, -0.1) is 0 Å². The Morgan fingerprint density at radius 1 is 0.579 bits per heavy atom. The maximum atomic E-state index is 7.17. The zero-order valence-electron chi connectivity index (χ0n) is 24.7. The molecule has 0 unspecified atom stereocenters. The Morgan fingerprint density at radius 2 is 0.947 bits per heavy atom. The summed E-state index contributed by atoms with van der Waals surface area (Å²) < 4.78 is 21.1. The molecule has 0 spiro atoms. The lowest BCUT2D eigenvalue weighted by Crippen LogP contribution is -2.53. The number of ether oxygens (including phenoxy) is 1. The first-order valence-corrected chi connectivity index (χ1v) is 18.0. The van der Waals surface area contributed by atoms with Gasteiger partial charge < -0.3 is 13.3 Å². The Hall–Kier alpha value is -2.03. The van der Waals surface area contributed by atoms with Crippen molar-refractivity contribution in [2.45, 2.75) is 83.2 Å². The number of hydrogen-bond acceptors (Lipinski definition) is 3. The average Bonchev–Trinajstić information content (AvgIpc) is 2.91. The fraction of sp³-hybridized carbons (Fsp3) is 0.455. The topological polar surface area (TPSA) is 27.7 Å². The van der Waals surface area contributed by atoms with Gasteiger partial charge in [-0.2, -0.15) is 0 Å². The molecule has 0 aliphatic rings. The second-order valence-corrected chi connectivity index (χ2v) is 20.2. The Balaban J connectivity index is 1.95. The van der Waals surface area contributed by atoms with Crippen LogP contribution in [0.5, 0.6) is 0 Å². The van der Waals surface area contributed by atoms with Crippen LogP contribution in [0.4, 0.5) is 0 Å². The minimum absolute atomic E-state index is 0.358. The summed E-state index contributed by atoms with van der Waals surface area (Å²) in [7, 11) is -3.95. The summed E-state index contributed by atoms with van der Waals surface area (Å²) in [4.78, 5) is 0. The van der Waals surface area contributed by atoms with E-state index in [1.54, 1.807) is 0 Å². The first-order chi connectivity index (χ1) is 18.1. The number of hydrogen-bond donors (Lipinski definition) is 0. The fourth-order valence-corrected chi connectivity index (χ4v) is 16.0. The van der Waals surface area contributed by atoms with Gasteiger partial charge in [0.25, 0.3) is 0 Å². The lowest BCUT2D eigenvalue weighted by Gasteiger charge is -2.43. The second kappa shape index (κ2) is 13.9. The fourth-order valence-electron chi connectivity index (χ4n) is 5.73. The summed E-state index contributed by atoms with van der Waals surface area (Å²) >= 11 is 0. The van der Waals surface area contributed by atoms with Crippen LogP contribution in [-0.2, 0) is 18.9 Å². The van der Waals surface area contributed by atoms with E-state index < -0.39 is 23.2 Å². The Labute approximate surface area is 234 Å². The van der Waals surface area contributed by atoms with Crippen LogP contribution in [0.15, 0.2) is 91.0 Å². The van der Waals surface area contributed by atoms with Crippen molar-refractivity contribution in [2.24, 2.45) is 0 Å². The van der Waals surface area contributed by atoms with Crippen LogP contribution in [0.25, 0.3) is 0 Å². The van der Waals surface area contributed by atoms with Crippen LogP contribution in [0.2, 0.25) is 22.2 Å². The number of rotatable bonds is 14. The molecule has 0 heterocycles. The molecule has 0 aliphatic heterocycles. The molecule has 38 heavy (non-hydrogen) atoms. The van der Waals surface area contributed by atoms with Crippen LogP contribution < -0.4 is 0 Å². The molecule has 0 bridgehead atoms. The van der Waals surface area contributed by atoms with Crippen LogP contribution in [-0.4, -0.2) is 30.8 Å². The van der Waals surface area contributed by atoms with E-state index in [9.17, 15) is 0 Å². The monoisotopic (exact) mass is 548 g/mol. The van der Waals surface area contributed by atoms with Gasteiger partial charge in [0.15, 0.2) is 9.04 Å². The molecule has 0 radical (unpaired) electrons. The van der Waals surface area contributed by atoms with E-state index in [0.717, 1.165) is 16.7 Å². The molecule has 0 amide bonds. The molecule has 3 aromatic rings. The SMILES string of the molecule is CC(C)[SiH](O[Si](OCCOC(c1ccccc1)(c1ccccc1)c1ccccc1)(C(C)C)C(C)C)C(C)C. The summed E-state index contributed by atoms with van der Waals surface area (Å²) in [6.45, 7) is 19.3. The van der Waals surface area contributed by atoms with Gasteiger partial charge in [-0.25, -0.2) is 0 Å². The van der Waals surface area contributed by atoms with Crippen LogP contribution >= 0.6 is 0 Å². The molecule has 3 rings (SSSR count).